The van der Waals surface area contributed by atoms with Crippen molar-refractivity contribution in [3.8, 4) is 0 Å². The lowest BCUT2D eigenvalue weighted by Gasteiger charge is -2.18. The van der Waals surface area contributed by atoms with Gasteiger partial charge in [0.05, 0.1) is 5.75 Å². The molecule has 2 rings (SSSR count). The number of nitrogens with zero attached hydrogens (tertiary/aromatic N) is 1. The molecule has 0 aliphatic carbocycles. The van der Waals surface area contributed by atoms with E-state index in [2.05, 4.69) is 12.1 Å². The Labute approximate surface area is 165 Å². The third-order valence-electron chi connectivity index (χ3n) is 4.36. The summed E-state index contributed by atoms with van der Waals surface area (Å²) in [4.78, 5) is 26.8. The molecule has 2 aromatic carbocycles. The zero-order chi connectivity index (χ0) is 20.0. The molecule has 2 aromatic rings. The Kier molecular flexibility index (Phi) is 7.48. The van der Waals surface area contributed by atoms with Gasteiger partial charge in [0, 0.05) is 18.5 Å². The van der Waals surface area contributed by atoms with Gasteiger partial charge in [-0.15, -0.1) is 11.8 Å². The summed E-state index contributed by atoms with van der Waals surface area (Å²) in [5, 5.41) is 0. The maximum absolute atomic E-state index is 12.2. The van der Waals surface area contributed by atoms with E-state index in [0.717, 1.165) is 21.6 Å². The van der Waals surface area contributed by atoms with Gasteiger partial charge in [0.15, 0.2) is 6.61 Å². The lowest BCUT2D eigenvalue weighted by molar-refractivity contribution is -0.149. The first-order valence-corrected chi connectivity index (χ1v) is 9.90. The van der Waals surface area contributed by atoms with Gasteiger partial charge in [-0.3, -0.25) is 9.59 Å². The highest BCUT2D eigenvalue weighted by atomic mass is 32.2. The fraction of sp³-hybridized carbons (Fsp3) is 0.364. The molecular formula is C22H27NO3S. The predicted octanol–water partition coefficient (Wildman–Crippen LogP) is 4.21. The lowest BCUT2D eigenvalue weighted by Crippen LogP contribution is -2.31. The molecule has 0 radical (unpaired) electrons. The number of hydrogen-bond acceptors (Lipinski definition) is 4. The van der Waals surface area contributed by atoms with Crippen molar-refractivity contribution in [2.24, 2.45) is 0 Å². The van der Waals surface area contributed by atoms with Gasteiger partial charge in [0.25, 0.3) is 5.91 Å². The van der Waals surface area contributed by atoms with Crippen LogP contribution >= 0.6 is 11.8 Å². The van der Waals surface area contributed by atoms with Gasteiger partial charge < -0.3 is 9.64 Å². The molecule has 0 saturated heterocycles. The molecule has 1 amide bonds. The molecule has 0 aliphatic heterocycles. The Morgan fingerprint density at radius 2 is 1.59 bits per heavy atom. The number of benzene rings is 2. The maximum Gasteiger partial charge on any atom is 0.316 e. The van der Waals surface area contributed by atoms with E-state index in [1.807, 2.05) is 52.0 Å². The number of thioether (sulfide) groups is 1. The highest BCUT2D eigenvalue weighted by Gasteiger charge is 2.14. The predicted molar refractivity (Wildman–Crippen MR) is 110 cm³/mol. The monoisotopic (exact) mass is 385 g/mol. The smallest absolute Gasteiger partial charge is 0.316 e. The summed E-state index contributed by atoms with van der Waals surface area (Å²) in [5.74, 6) is -0.397. The molecule has 0 heterocycles. The quantitative estimate of drug-likeness (QED) is 0.529. The van der Waals surface area contributed by atoms with Gasteiger partial charge in [0.2, 0.25) is 0 Å². The average molecular weight is 386 g/mol. The number of carbonyl (C=O) groups excluding carboxylic acids is 2. The normalized spacial score (nSPS) is 10.6. The van der Waals surface area contributed by atoms with Crippen LogP contribution in [0, 0.1) is 27.7 Å². The van der Waals surface area contributed by atoms with Crippen LogP contribution in [0.15, 0.2) is 41.3 Å². The summed E-state index contributed by atoms with van der Waals surface area (Å²) in [6.07, 6.45) is 0. The van der Waals surface area contributed by atoms with Crippen molar-refractivity contribution in [1.82, 2.24) is 4.90 Å². The molecular weight excluding hydrogens is 358 g/mol. The van der Waals surface area contributed by atoms with Gasteiger partial charge in [-0.1, -0.05) is 41.5 Å². The van der Waals surface area contributed by atoms with E-state index in [9.17, 15) is 9.59 Å². The number of likely N-dealkylation sites (N-methyl/N-ethyl adjacent to an activating group) is 1. The average Bonchev–Trinajstić information content (AvgIpc) is 2.61. The van der Waals surface area contributed by atoms with Gasteiger partial charge in [-0.2, -0.15) is 0 Å². The van der Waals surface area contributed by atoms with E-state index in [4.69, 9.17) is 4.74 Å². The van der Waals surface area contributed by atoms with Crippen molar-refractivity contribution in [3.05, 3.63) is 64.2 Å². The van der Waals surface area contributed by atoms with Crippen LogP contribution < -0.4 is 0 Å². The third-order valence-corrected chi connectivity index (χ3v) is 5.51. The van der Waals surface area contributed by atoms with Crippen LogP contribution in [0.3, 0.4) is 0 Å². The van der Waals surface area contributed by atoms with Gasteiger partial charge >= 0.3 is 5.97 Å². The van der Waals surface area contributed by atoms with Crippen molar-refractivity contribution >= 4 is 23.6 Å². The zero-order valence-electron chi connectivity index (χ0n) is 16.7. The van der Waals surface area contributed by atoms with Gasteiger partial charge in [0.1, 0.15) is 0 Å². The SMILES string of the molecule is Cc1ccc(CN(C)C(=O)COC(=O)CSc2ccc(C)cc2C)c(C)c1. The van der Waals surface area contributed by atoms with Crippen LogP contribution in [0.5, 0.6) is 0 Å². The van der Waals surface area contributed by atoms with E-state index < -0.39 is 0 Å². The molecule has 0 fully saturated rings. The van der Waals surface area contributed by atoms with E-state index in [1.54, 1.807) is 11.9 Å². The summed E-state index contributed by atoms with van der Waals surface area (Å²) in [6, 6.07) is 12.3. The maximum atomic E-state index is 12.2. The molecule has 144 valence electrons. The number of ether oxygens (including phenoxy) is 1. The second-order valence-electron chi connectivity index (χ2n) is 6.90. The fourth-order valence-electron chi connectivity index (χ4n) is 2.76. The minimum absolute atomic E-state index is 0.192. The standard InChI is InChI=1S/C22H27NO3S/c1-15-6-8-19(17(3)10-15)12-23(5)21(24)13-26-22(25)14-27-20-9-7-16(2)11-18(20)4/h6-11H,12-14H2,1-5H3. The van der Waals surface area contributed by atoms with Gasteiger partial charge in [-0.25, -0.2) is 0 Å². The number of hydrogen-bond donors (Lipinski definition) is 0. The summed E-state index contributed by atoms with van der Waals surface area (Å²) in [6.45, 7) is 8.40. The van der Waals surface area contributed by atoms with Crippen molar-refractivity contribution in [2.75, 3.05) is 19.4 Å². The molecule has 0 aliphatic rings. The van der Waals surface area contributed by atoms with Crippen molar-refractivity contribution in [1.29, 1.82) is 0 Å². The van der Waals surface area contributed by atoms with E-state index >= 15 is 0 Å². The second-order valence-corrected chi connectivity index (χ2v) is 7.92. The topological polar surface area (TPSA) is 46.6 Å². The summed E-state index contributed by atoms with van der Waals surface area (Å²) >= 11 is 1.43. The molecule has 0 N–H and O–H groups in total. The van der Waals surface area contributed by atoms with Crippen molar-refractivity contribution in [3.63, 3.8) is 0 Å². The largest absolute Gasteiger partial charge is 0.455 e. The number of aryl methyl sites for hydroxylation is 4. The highest BCUT2D eigenvalue weighted by molar-refractivity contribution is 8.00. The number of amides is 1. The Balaban J connectivity index is 1.79. The molecule has 27 heavy (non-hydrogen) atoms. The molecule has 0 unspecified atom stereocenters. The Morgan fingerprint density at radius 3 is 2.22 bits per heavy atom. The van der Waals surface area contributed by atoms with Crippen LogP contribution in [0.25, 0.3) is 0 Å². The summed E-state index contributed by atoms with van der Waals surface area (Å²) < 4.78 is 5.15. The van der Waals surface area contributed by atoms with Crippen LogP contribution in [0.2, 0.25) is 0 Å². The zero-order valence-corrected chi connectivity index (χ0v) is 17.5. The van der Waals surface area contributed by atoms with Crippen LogP contribution in [-0.2, 0) is 20.9 Å². The first kappa shape index (κ1) is 21.0. The van der Waals surface area contributed by atoms with Gasteiger partial charge in [-0.05, 0) is 50.5 Å². The van der Waals surface area contributed by atoms with E-state index in [-0.39, 0.29) is 24.2 Å². The molecule has 5 heteroatoms. The summed E-state index contributed by atoms with van der Waals surface area (Å²) in [7, 11) is 1.72. The minimum Gasteiger partial charge on any atom is -0.455 e. The highest BCUT2D eigenvalue weighted by Crippen LogP contribution is 2.23. The number of carbonyl (C=O) groups is 2. The molecule has 4 nitrogen and oxygen atoms in total. The third kappa shape index (κ3) is 6.43. The molecule has 0 bridgehead atoms. The Morgan fingerprint density at radius 1 is 0.963 bits per heavy atom. The lowest BCUT2D eigenvalue weighted by atomic mass is 10.1. The van der Waals surface area contributed by atoms with Crippen LogP contribution in [-0.4, -0.2) is 36.2 Å². The second kappa shape index (κ2) is 9.60. The molecule has 0 aromatic heterocycles. The van der Waals surface area contributed by atoms with Crippen LogP contribution in [0.1, 0.15) is 27.8 Å². The number of esters is 1. The first-order chi connectivity index (χ1) is 12.8. The van der Waals surface area contributed by atoms with Crippen LogP contribution in [0.4, 0.5) is 0 Å². The van der Waals surface area contributed by atoms with Crippen molar-refractivity contribution in [2.45, 2.75) is 39.1 Å². The molecule has 0 saturated carbocycles. The first-order valence-electron chi connectivity index (χ1n) is 8.92. The fourth-order valence-corrected chi connectivity index (χ4v) is 3.57. The number of rotatable bonds is 7. The molecule has 0 atom stereocenters. The molecule has 0 spiro atoms. The van der Waals surface area contributed by atoms with E-state index in [1.165, 1.54) is 22.9 Å². The summed E-state index contributed by atoms with van der Waals surface area (Å²) in [5.41, 5.74) is 5.76. The van der Waals surface area contributed by atoms with Crippen molar-refractivity contribution < 1.29 is 14.3 Å². The minimum atomic E-state index is -0.381. The Bertz CT molecular complexity index is 832. The van der Waals surface area contributed by atoms with E-state index in [0.29, 0.717) is 6.54 Å². The Hall–Kier alpha value is -2.27.